The Morgan fingerprint density at radius 3 is 2.71 bits per heavy atom. The summed E-state index contributed by atoms with van der Waals surface area (Å²) >= 11 is 1.59. The van der Waals surface area contributed by atoms with Crippen LogP contribution in [0.2, 0.25) is 0 Å². The van der Waals surface area contributed by atoms with Crippen LogP contribution in [0.15, 0.2) is 42.5 Å². The van der Waals surface area contributed by atoms with Crippen LogP contribution < -0.4 is 9.47 Å². The highest BCUT2D eigenvalue weighted by Crippen LogP contribution is 2.31. The molecule has 0 unspecified atom stereocenters. The quantitative estimate of drug-likeness (QED) is 0.643. The maximum atomic E-state index is 12.4. The van der Waals surface area contributed by atoms with Gasteiger partial charge in [-0.3, -0.25) is 4.79 Å². The van der Waals surface area contributed by atoms with Gasteiger partial charge in [0.05, 0.1) is 10.2 Å². The van der Waals surface area contributed by atoms with Gasteiger partial charge >= 0.3 is 0 Å². The van der Waals surface area contributed by atoms with Crippen molar-refractivity contribution >= 4 is 27.5 Å². The van der Waals surface area contributed by atoms with Gasteiger partial charge in [0.1, 0.15) is 11.9 Å². The van der Waals surface area contributed by atoms with E-state index in [0.29, 0.717) is 13.1 Å². The zero-order valence-corrected chi connectivity index (χ0v) is 17.0. The number of aryl methyl sites for hydroxylation is 2. The van der Waals surface area contributed by atoms with Crippen LogP contribution in [0.3, 0.4) is 0 Å². The molecule has 0 atom stereocenters. The Bertz CT molecular complexity index is 977. The third kappa shape index (κ3) is 4.28. The molecule has 1 aromatic heterocycles. The number of benzene rings is 2. The average Bonchev–Trinajstić information content (AvgIpc) is 3.11. The van der Waals surface area contributed by atoms with Gasteiger partial charge in [-0.25, -0.2) is 4.98 Å². The van der Waals surface area contributed by atoms with Crippen molar-refractivity contribution in [2.45, 2.75) is 32.8 Å². The fourth-order valence-corrected chi connectivity index (χ4v) is 4.38. The van der Waals surface area contributed by atoms with Crippen LogP contribution in [0, 0.1) is 13.8 Å². The van der Waals surface area contributed by atoms with Crippen LogP contribution in [-0.4, -0.2) is 41.6 Å². The second-order valence-corrected chi connectivity index (χ2v) is 8.20. The van der Waals surface area contributed by atoms with Gasteiger partial charge in [0.25, 0.3) is 11.1 Å². The third-order valence-corrected chi connectivity index (χ3v) is 5.93. The number of carbonyl (C=O) groups is 1. The molecular formula is C22H24N2O3S. The number of hydrogen-bond acceptors (Lipinski definition) is 5. The Kier molecular flexibility index (Phi) is 5.48. The number of thiazole rings is 1. The Balaban J connectivity index is 1.27. The molecule has 0 radical (unpaired) electrons. The van der Waals surface area contributed by atoms with Gasteiger partial charge in [-0.05, 0) is 43.2 Å². The molecule has 5 nitrogen and oxygen atoms in total. The Labute approximate surface area is 168 Å². The molecule has 0 aliphatic carbocycles. The number of fused-ring (bicyclic) bond motifs is 1. The predicted octanol–water partition coefficient (Wildman–Crippen LogP) is 4.36. The summed E-state index contributed by atoms with van der Waals surface area (Å²) in [5, 5.41) is 0.719. The van der Waals surface area contributed by atoms with Crippen molar-refractivity contribution in [2.75, 3.05) is 19.7 Å². The predicted molar refractivity (Wildman–Crippen MR) is 111 cm³/mol. The molecule has 1 amide bonds. The van der Waals surface area contributed by atoms with E-state index in [1.165, 1.54) is 0 Å². The number of aromatic nitrogens is 1. The van der Waals surface area contributed by atoms with Crippen LogP contribution >= 0.6 is 11.3 Å². The van der Waals surface area contributed by atoms with E-state index in [1.54, 1.807) is 11.3 Å². The first-order valence-electron chi connectivity index (χ1n) is 9.58. The number of likely N-dealkylation sites (tertiary alicyclic amines) is 1. The third-order valence-electron chi connectivity index (χ3n) is 5.02. The molecule has 0 N–H and O–H groups in total. The Morgan fingerprint density at radius 2 is 1.96 bits per heavy atom. The second kappa shape index (κ2) is 8.19. The summed E-state index contributed by atoms with van der Waals surface area (Å²) in [5.41, 5.74) is 3.30. The lowest BCUT2D eigenvalue weighted by Crippen LogP contribution is -2.43. The van der Waals surface area contributed by atoms with Gasteiger partial charge in [-0.1, -0.05) is 35.6 Å². The van der Waals surface area contributed by atoms with Gasteiger partial charge in [-0.15, -0.1) is 0 Å². The molecule has 1 aliphatic rings. The average molecular weight is 397 g/mol. The summed E-state index contributed by atoms with van der Waals surface area (Å²) < 4.78 is 12.9. The van der Waals surface area contributed by atoms with Crippen LogP contribution in [0.5, 0.6) is 10.9 Å². The maximum Gasteiger partial charge on any atom is 0.274 e. The number of para-hydroxylation sites is 1. The molecule has 28 heavy (non-hydrogen) atoms. The molecule has 0 bridgehead atoms. The summed E-state index contributed by atoms with van der Waals surface area (Å²) in [7, 11) is 0. The normalized spacial score (nSPS) is 15.0. The summed E-state index contributed by atoms with van der Waals surface area (Å²) in [6.45, 7) is 5.52. The van der Waals surface area contributed by atoms with E-state index >= 15 is 0 Å². The largest absolute Gasteiger partial charge is 0.484 e. The van der Waals surface area contributed by atoms with Crippen molar-refractivity contribution in [1.29, 1.82) is 0 Å². The molecule has 2 heterocycles. The maximum absolute atomic E-state index is 12.4. The van der Waals surface area contributed by atoms with Crippen molar-refractivity contribution in [3.8, 4) is 10.9 Å². The van der Waals surface area contributed by atoms with Gasteiger partial charge in [-0.2, -0.15) is 0 Å². The lowest BCUT2D eigenvalue weighted by molar-refractivity contribution is -0.135. The molecule has 2 aromatic carbocycles. The fraction of sp³-hybridized carbons (Fsp3) is 0.364. The van der Waals surface area contributed by atoms with Crippen molar-refractivity contribution in [1.82, 2.24) is 9.88 Å². The number of rotatable bonds is 5. The molecule has 3 aromatic rings. The SMILES string of the molecule is Cc1cccc(OCC(=O)N2CCC(Oc3nc4c(C)cccc4s3)CC2)c1. The minimum Gasteiger partial charge on any atom is -0.484 e. The zero-order chi connectivity index (χ0) is 19.5. The van der Waals surface area contributed by atoms with E-state index < -0.39 is 0 Å². The summed E-state index contributed by atoms with van der Waals surface area (Å²) in [6, 6.07) is 13.9. The van der Waals surface area contributed by atoms with Gasteiger partial charge in [0.2, 0.25) is 0 Å². The van der Waals surface area contributed by atoms with Gasteiger partial charge in [0.15, 0.2) is 6.61 Å². The minimum absolute atomic E-state index is 0.0237. The van der Waals surface area contributed by atoms with Crippen LogP contribution in [0.25, 0.3) is 10.2 Å². The van der Waals surface area contributed by atoms with E-state index in [9.17, 15) is 4.79 Å². The zero-order valence-electron chi connectivity index (χ0n) is 16.2. The number of hydrogen-bond donors (Lipinski definition) is 0. The lowest BCUT2D eigenvalue weighted by atomic mass is 10.1. The van der Waals surface area contributed by atoms with Crippen molar-refractivity contribution < 1.29 is 14.3 Å². The topological polar surface area (TPSA) is 51.7 Å². The van der Waals surface area contributed by atoms with Crippen molar-refractivity contribution in [2.24, 2.45) is 0 Å². The van der Waals surface area contributed by atoms with Crippen molar-refractivity contribution in [3.63, 3.8) is 0 Å². The highest BCUT2D eigenvalue weighted by atomic mass is 32.1. The van der Waals surface area contributed by atoms with Crippen LogP contribution in [0.4, 0.5) is 0 Å². The van der Waals surface area contributed by atoms with E-state index in [-0.39, 0.29) is 18.6 Å². The second-order valence-electron chi connectivity index (χ2n) is 7.20. The standard InChI is InChI=1S/C22H24N2O3S/c1-15-5-3-7-18(13-15)26-14-20(25)24-11-9-17(10-12-24)27-22-23-21-16(2)6-4-8-19(21)28-22/h3-8,13,17H,9-12,14H2,1-2H3. The van der Waals surface area contributed by atoms with Crippen LogP contribution in [-0.2, 0) is 4.79 Å². The van der Waals surface area contributed by atoms with Crippen LogP contribution in [0.1, 0.15) is 24.0 Å². The molecule has 1 aliphatic heterocycles. The summed E-state index contributed by atoms with van der Waals surface area (Å²) in [6.07, 6.45) is 1.72. The molecule has 4 rings (SSSR count). The highest BCUT2D eigenvalue weighted by Gasteiger charge is 2.25. The molecule has 6 heteroatoms. The molecule has 146 valence electrons. The smallest absolute Gasteiger partial charge is 0.274 e. The lowest BCUT2D eigenvalue weighted by Gasteiger charge is -2.31. The first-order chi connectivity index (χ1) is 13.6. The van der Waals surface area contributed by atoms with E-state index in [0.717, 1.165) is 45.1 Å². The molecule has 0 saturated carbocycles. The Hall–Kier alpha value is -2.60. The summed E-state index contributed by atoms with van der Waals surface area (Å²) in [4.78, 5) is 18.9. The molecule has 1 saturated heterocycles. The van der Waals surface area contributed by atoms with Crippen molar-refractivity contribution in [3.05, 3.63) is 53.6 Å². The number of carbonyl (C=O) groups excluding carboxylic acids is 1. The van der Waals surface area contributed by atoms with Gasteiger partial charge in [0, 0.05) is 25.9 Å². The van der Waals surface area contributed by atoms with E-state index in [1.807, 2.05) is 42.2 Å². The molecule has 1 fully saturated rings. The van der Waals surface area contributed by atoms with Gasteiger partial charge < -0.3 is 14.4 Å². The minimum atomic E-state index is 0.0237. The van der Waals surface area contributed by atoms with E-state index in [2.05, 4.69) is 24.0 Å². The number of nitrogens with zero attached hydrogens (tertiary/aromatic N) is 2. The first kappa shape index (κ1) is 18.7. The number of piperidine rings is 1. The number of amides is 1. The number of ether oxygens (including phenoxy) is 2. The van der Waals surface area contributed by atoms with E-state index in [4.69, 9.17) is 9.47 Å². The highest BCUT2D eigenvalue weighted by molar-refractivity contribution is 7.20. The first-order valence-corrected chi connectivity index (χ1v) is 10.4. The molecule has 0 spiro atoms. The summed E-state index contributed by atoms with van der Waals surface area (Å²) in [5.74, 6) is 0.758. The monoisotopic (exact) mass is 396 g/mol. The Morgan fingerprint density at radius 1 is 1.18 bits per heavy atom. The fourth-order valence-electron chi connectivity index (χ4n) is 3.42. The molecular weight excluding hydrogens is 372 g/mol.